The second-order valence-corrected chi connectivity index (χ2v) is 3.41. The highest BCUT2D eigenvalue weighted by atomic mass is 19.4. The van der Waals surface area contributed by atoms with Gasteiger partial charge in [-0.25, -0.2) is 9.59 Å². The number of halogens is 3. The first kappa shape index (κ1) is 17.3. The Morgan fingerprint density at radius 2 is 1.74 bits per heavy atom. The van der Waals surface area contributed by atoms with Crippen LogP contribution in [0.5, 0.6) is 0 Å². The van der Waals surface area contributed by atoms with E-state index in [1.165, 1.54) is 6.92 Å². The van der Waals surface area contributed by atoms with E-state index in [0.717, 1.165) is 4.90 Å². The molecule has 0 unspecified atom stereocenters. The second-order valence-electron chi connectivity index (χ2n) is 3.41. The minimum Gasteiger partial charge on any atom is -0.463 e. The quantitative estimate of drug-likeness (QED) is 0.620. The predicted molar refractivity (Wildman–Crippen MR) is 62.2 cm³/mol. The van der Waals surface area contributed by atoms with Crippen LogP contribution in [0.3, 0.4) is 0 Å². The lowest BCUT2D eigenvalue weighted by Gasteiger charge is -2.21. The number of hydrogen-bond acceptors (Lipinski definition) is 3. The van der Waals surface area contributed by atoms with E-state index < -0.39 is 23.9 Å². The van der Waals surface area contributed by atoms with Crippen LogP contribution in [-0.2, 0) is 9.53 Å². The van der Waals surface area contributed by atoms with Gasteiger partial charge in [0.25, 0.3) is 0 Å². The molecule has 0 heterocycles. The Morgan fingerprint density at radius 1 is 1.21 bits per heavy atom. The first-order chi connectivity index (χ1) is 8.76. The molecule has 0 radical (unpaired) electrons. The zero-order chi connectivity index (χ0) is 15.1. The monoisotopic (exact) mass is 282 g/mol. The third kappa shape index (κ3) is 6.12. The molecule has 0 bridgehead atoms. The summed E-state index contributed by atoms with van der Waals surface area (Å²) < 4.78 is 42.3. The number of hydrogen-bond donors (Lipinski definition) is 1. The molecule has 110 valence electrons. The number of nitrogens with zero attached hydrogens (tertiary/aromatic N) is 1. The van der Waals surface area contributed by atoms with Crippen molar-refractivity contribution in [1.29, 1.82) is 0 Å². The Hall–Kier alpha value is -1.73. The molecule has 19 heavy (non-hydrogen) atoms. The lowest BCUT2D eigenvalue weighted by Crippen LogP contribution is -2.42. The minimum absolute atomic E-state index is 0.0511. The van der Waals surface area contributed by atoms with Crippen LogP contribution in [0.4, 0.5) is 18.0 Å². The maximum atomic E-state index is 12.6. The summed E-state index contributed by atoms with van der Waals surface area (Å²) in [6.45, 7) is 5.19. The number of alkyl halides is 3. The highest BCUT2D eigenvalue weighted by Crippen LogP contribution is 2.23. The normalized spacial score (nSPS) is 12.0. The van der Waals surface area contributed by atoms with Crippen molar-refractivity contribution >= 4 is 12.0 Å². The van der Waals surface area contributed by atoms with Crippen molar-refractivity contribution in [2.45, 2.75) is 26.9 Å². The van der Waals surface area contributed by atoms with Gasteiger partial charge in [0, 0.05) is 13.1 Å². The summed E-state index contributed by atoms with van der Waals surface area (Å²) in [5.41, 5.74) is -1.44. The molecule has 0 atom stereocenters. The van der Waals surface area contributed by atoms with Gasteiger partial charge in [-0.05, 0) is 20.8 Å². The minimum atomic E-state index is -4.84. The van der Waals surface area contributed by atoms with Crippen LogP contribution in [0.25, 0.3) is 0 Å². The van der Waals surface area contributed by atoms with Crippen molar-refractivity contribution in [1.82, 2.24) is 10.2 Å². The number of allylic oxidation sites excluding steroid dienone is 1. The van der Waals surface area contributed by atoms with E-state index in [1.807, 2.05) is 0 Å². The third-order valence-corrected chi connectivity index (χ3v) is 2.15. The largest absolute Gasteiger partial charge is 0.463 e. The molecule has 1 N–H and O–H groups in total. The first-order valence-corrected chi connectivity index (χ1v) is 5.77. The van der Waals surface area contributed by atoms with Crippen LogP contribution in [-0.4, -0.2) is 42.8 Å². The second kappa shape index (κ2) is 7.65. The van der Waals surface area contributed by atoms with Gasteiger partial charge in [0.1, 0.15) is 5.70 Å². The average molecular weight is 282 g/mol. The molecule has 5 nitrogen and oxygen atoms in total. The standard InChI is InChI=1S/C11H17F3N2O3/c1-4-16(5-2)10(18)15-8(11(12,13)14)7-9(17)19-6-3/h7H,4-6H2,1-3H3,(H,15,18)/b8-7-. The van der Waals surface area contributed by atoms with Gasteiger partial charge in [-0.15, -0.1) is 0 Å². The summed E-state index contributed by atoms with van der Waals surface area (Å²) in [7, 11) is 0. The van der Waals surface area contributed by atoms with E-state index in [-0.39, 0.29) is 25.8 Å². The van der Waals surface area contributed by atoms with Gasteiger partial charge in [0.05, 0.1) is 12.7 Å². The van der Waals surface area contributed by atoms with Crippen LogP contribution < -0.4 is 5.32 Å². The van der Waals surface area contributed by atoms with Crippen molar-refractivity contribution in [3.8, 4) is 0 Å². The Morgan fingerprint density at radius 3 is 2.11 bits per heavy atom. The SMILES string of the molecule is CCOC(=O)/C=C(\NC(=O)N(CC)CC)C(F)(F)F. The van der Waals surface area contributed by atoms with Gasteiger partial charge in [-0.2, -0.15) is 13.2 Å². The number of rotatable bonds is 5. The number of urea groups is 1. The van der Waals surface area contributed by atoms with Gasteiger partial charge in [-0.3, -0.25) is 0 Å². The van der Waals surface area contributed by atoms with E-state index in [2.05, 4.69) is 4.74 Å². The summed E-state index contributed by atoms with van der Waals surface area (Å²) >= 11 is 0. The number of amides is 2. The van der Waals surface area contributed by atoms with Crippen molar-refractivity contribution < 1.29 is 27.5 Å². The number of carbonyl (C=O) groups excluding carboxylic acids is 2. The van der Waals surface area contributed by atoms with Crippen LogP contribution in [0.15, 0.2) is 11.8 Å². The van der Waals surface area contributed by atoms with Crippen molar-refractivity contribution in [3.63, 3.8) is 0 Å². The number of ether oxygens (including phenoxy) is 1. The van der Waals surface area contributed by atoms with E-state index in [1.54, 1.807) is 19.2 Å². The van der Waals surface area contributed by atoms with Gasteiger partial charge in [0.15, 0.2) is 0 Å². The lowest BCUT2D eigenvalue weighted by atomic mass is 10.3. The van der Waals surface area contributed by atoms with Gasteiger partial charge < -0.3 is 15.0 Å². The van der Waals surface area contributed by atoms with Gasteiger partial charge in [-0.1, -0.05) is 0 Å². The maximum Gasteiger partial charge on any atom is 0.431 e. The summed E-state index contributed by atoms with van der Waals surface area (Å²) in [5.74, 6) is -1.16. The first-order valence-electron chi connectivity index (χ1n) is 5.77. The zero-order valence-corrected chi connectivity index (χ0v) is 11.0. The van der Waals surface area contributed by atoms with Crippen LogP contribution >= 0.6 is 0 Å². The summed E-state index contributed by atoms with van der Waals surface area (Å²) in [4.78, 5) is 23.7. The molecule has 0 saturated carbocycles. The van der Waals surface area contributed by atoms with Gasteiger partial charge >= 0.3 is 18.2 Å². The molecule has 0 aliphatic carbocycles. The molecule has 2 amide bonds. The van der Waals surface area contributed by atoms with E-state index in [4.69, 9.17) is 0 Å². The van der Waals surface area contributed by atoms with Crippen molar-refractivity contribution in [3.05, 3.63) is 11.8 Å². The topological polar surface area (TPSA) is 58.6 Å². The fraction of sp³-hybridized carbons (Fsp3) is 0.636. The zero-order valence-electron chi connectivity index (χ0n) is 11.0. The van der Waals surface area contributed by atoms with Crippen LogP contribution in [0, 0.1) is 0 Å². The Labute approximate surface area is 109 Å². The van der Waals surface area contributed by atoms with E-state index in [9.17, 15) is 22.8 Å². The van der Waals surface area contributed by atoms with E-state index >= 15 is 0 Å². The van der Waals surface area contributed by atoms with Gasteiger partial charge in [0.2, 0.25) is 0 Å². The maximum absolute atomic E-state index is 12.6. The molecule has 0 aromatic rings. The number of nitrogens with one attached hydrogen (secondary N) is 1. The van der Waals surface area contributed by atoms with Crippen molar-refractivity contribution in [2.75, 3.05) is 19.7 Å². The fourth-order valence-corrected chi connectivity index (χ4v) is 1.20. The molecular weight excluding hydrogens is 265 g/mol. The van der Waals surface area contributed by atoms with Crippen LogP contribution in [0.2, 0.25) is 0 Å². The molecular formula is C11H17F3N2O3. The Balaban J connectivity index is 4.99. The molecule has 0 rings (SSSR count). The predicted octanol–water partition coefficient (Wildman–Crippen LogP) is 2.05. The molecule has 0 aromatic carbocycles. The summed E-state index contributed by atoms with van der Waals surface area (Å²) in [5, 5.41) is 1.67. The molecule has 0 aliphatic rings. The average Bonchev–Trinajstić information content (AvgIpc) is 2.28. The Kier molecular flexibility index (Phi) is 6.95. The number of esters is 1. The molecule has 0 aromatic heterocycles. The number of carbonyl (C=O) groups is 2. The van der Waals surface area contributed by atoms with Crippen LogP contribution in [0.1, 0.15) is 20.8 Å². The molecule has 0 saturated heterocycles. The highest BCUT2D eigenvalue weighted by Gasteiger charge is 2.36. The lowest BCUT2D eigenvalue weighted by molar-refractivity contribution is -0.138. The van der Waals surface area contributed by atoms with E-state index in [0.29, 0.717) is 0 Å². The molecule has 0 fully saturated rings. The molecule has 0 aliphatic heterocycles. The third-order valence-electron chi connectivity index (χ3n) is 2.15. The molecule has 8 heteroatoms. The fourth-order valence-electron chi connectivity index (χ4n) is 1.20. The summed E-state index contributed by atoms with van der Waals surface area (Å²) in [6, 6.07) is -0.919. The summed E-state index contributed by atoms with van der Waals surface area (Å²) in [6.07, 6.45) is -4.61. The van der Waals surface area contributed by atoms with Crippen molar-refractivity contribution in [2.24, 2.45) is 0 Å². The smallest absolute Gasteiger partial charge is 0.431 e. The highest BCUT2D eigenvalue weighted by molar-refractivity contribution is 5.85. The Bertz CT molecular complexity index is 350. The molecule has 0 spiro atoms.